The third-order valence-electron chi connectivity index (χ3n) is 1.57. The molecule has 0 radical (unpaired) electrons. The average Bonchev–Trinajstić information content (AvgIpc) is 2.03. The average molecular weight is 198 g/mol. The van der Waals surface area contributed by atoms with Gasteiger partial charge in [-0.2, -0.15) is 0 Å². The van der Waals surface area contributed by atoms with Crippen LogP contribution < -0.4 is 0 Å². The number of carbonyl (C=O) groups is 1. The van der Waals surface area contributed by atoms with Crippen LogP contribution in [0.5, 0.6) is 0 Å². The Morgan fingerprint density at radius 2 is 1.79 bits per heavy atom. The zero-order valence-corrected chi connectivity index (χ0v) is 9.35. The molecule has 3 nitrogen and oxygen atoms in total. The van der Waals surface area contributed by atoms with Crippen molar-refractivity contribution in [2.45, 2.75) is 39.9 Å². The Kier molecular flexibility index (Phi) is 6.18. The molecule has 3 heteroatoms. The summed E-state index contributed by atoms with van der Waals surface area (Å²) in [7, 11) is 0. The second-order valence-electron chi connectivity index (χ2n) is 3.03. The maximum Gasteiger partial charge on any atom is 0.202 e. The van der Waals surface area contributed by atoms with Gasteiger partial charge in [0.15, 0.2) is 5.79 Å². The summed E-state index contributed by atoms with van der Waals surface area (Å²) < 4.78 is 10.8. The van der Waals surface area contributed by atoms with E-state index in [-0.39, 0.29) is 5.78 Å². The molecule has 0 fully saturated rings. The zero-order chi connectivity index (χ0) is 11.0. The molecule has 0 rings (SSSR count). The molecule has 0 amide bonds. The number of carbonyl (C=O) groups excluding carboxylic acids is 1. The monoisotopic (exact) mass is 198 g/mol. The smallest absolute Gasteiger partial charge is 0.202 e. The van der Waals surface area contributed by atoms with Crippen molar-refractivity contribution in [2.75, 3.05) is 13.2 Å². The molecule has 0 saturated carbocycles. The first kappa shape index (κ1) is 13.2. The van der Waals surface area contributed by atoms with Crippen molar-refractivity contribution in [3.05, 3.63) is 0 Å². The molecule has 0 spiro atoms. The Morgan fingerprint density at radius 3 is 2.14 bits per heavy atom. The van der Waals surface area contributed by atoms with Gasteiger partial charge in [0.25, 0.3) is 0 Å². The minimum atomic E-state index is -0.689. The van der Waals surface area contributed by atoms with E-state index in [1.165, 1.54) is 6.92 Å². The highest BCUT2D eigenvalue weighted by Crippen LogP contribution is 2.16. The van der Waals surface area contributed by atoms with Crippen molar-refractivity contribution in [2.24, 2.45) is 0 Å². The minimum Gasteiger partial charge on any atom is -0.349 e. The molecular weight excluding hydrogens is 180 g/mol. The fourth-order valence-electron chi connectivity index (χ4n) is 1.08. The zero-order valence-electron chi connectivity index (χ0n) is 9.35. The molecule has 80 valence electrons. The first-order valence-corrected chi connectivity index (χ1v) is 4.81. The maximum atomic E-state index is 10.6. The van der Waals surface area contributed by atoms with E-state index in [1.54, 1.807) is 0 Å². The van der Waals surface area contributed by atoms with Gasteiger partial charge in [0.2, 0.25) is 5.78 Å². The summed E-state index contributed by atoms with van der Waals surface area (Å²) >= 11 is 0. The second kappa shape index (κ2) is 6.58. The van der Waals surface area contributed by atoms with E-state index in [1.807, 2.05) is 20.8 Å². The molecule has 0 N–H and O–H groups in total. The summed E-state index contributed by atoms with van der Waals surface area (Å²) in [6.45, 7) is 8.20. The summed E-state index contributed by atoms with van der Waals surface area (Å²) in [6, 6.07) is 0. The van der Waals surface area contributed by atoms with Crippen molar-refractivity contribution >= 4 is 5.78 Å². The molecule has 0 aliphatic rings. The Morgan fingerprint density at radius 1 is 1.29 bits per heavy atom. The predicted octanol–water partition coefficient (Wildman–Crippen LogP) is 1.76. The van der Waals surface area contributed by atoms with Crippen LogP contribution in [-0.4, -0.2) is 24.8 Å². The largest absolute Gasteiger partial charge is 0.349 e. The van der Waals surface area contributed by atoms with Crippen molar-refractivity contribution in [1.29, 1.82) is 0 Å². The first-order chi connectivity index (χ1) is 6.54. The van der Waals surface area contributed by atoms with E-state index in [9.17, 15) is 4.79 Å². The van der Waals surface area contributed by atoms with Gasteiger partial charge in [-0.1, -0.05) is 5.92 Å². The van der Waals surface area contributed by atoms with Gasteiger partial charge in [-0.05, 0) is 26.7 Å². The lowest BCUT2D eigenvalue weighted by Crippen LogP contribution is -2.32. The van der Waals surface area contributed by atoms with Crippen molar-refractivity contribution < 1.29 is 14.3 Å². The topological polar surface area (TPSA) is 35.5 Å². The van der Waals surface area contributed by atoms with Crippen molar-refractivity contribution in [3.8, 4) is 11.8 Å². The highest BCUT2D eigenvalue weighted by molar-refractivity contribution is 5.93. The normalized spacial score (nSPS) is 10.6. The molecule has 0 aromatic heterocycles. The quantitative estimate of drug-likeness (QED) is 0.383. The number of hydrogen-bond acceptors (Lipinski definition) is 3. The van der Waals surface area contributed by atoms with Gasteiger partial charge >= 0.3 is 0 Å². The van der Waals surface area contributed by atoms with Gasteiger partial charge in [-0.25, -0.2) is 0 Å². The number of ketones is 1. The van der Waals surface area contributed by atoms with Gasteiger partial charge < -0.3 is 9.47 Å². The summed E-state index contributed by atoms with van der Waals surface area (Å²) in [5.41, 5.74) is 0. The molecule has 0 saturated heterocycles. The third-order valence-corrected chi connectivity index (χ3v) is 1.57. The van der Waals surface area contributed by atoms with Crippen LogP contribution in [0.1, 0.15) is 34.1 Å². The number of hydrogen-bond donors (Lipinski definition) is 0. The van der Waals surface area contributed by atoms with Gasteiger partial charge in [0.1, 0.15) is 0 Å². The van der Waals surface area contributed by atoms with Crippen LogP contribution in [0.25, 0.3) is 0 Å². The highest BCUT2D eigenvalue weighted by Gasteiger charge is 2.23. The molecule has 0 aromatic rings. The molecule has 0 bridgehead atoms. The Hall–Kier alpha value is -0.850. The van der Waals surface area contributed by atoms with Crippen LogP contribution in [0.3, 0.4) is 0 Å². The summed E-state index contributed by atoms with van der Waals surface area (Å²) in [6.07, 6.45) is 0.411. The minimum absolute atomic E-state index is 0.139. The van der Waals surface area contributed by atoms with Crippen molar-refractivity contribution in [3.63, 3.8) is 0 Å². The van der Waals surface area contributed by atoms with E-state index < -0.39 is 5.79 Å². The lowest BCUT2D eigenvalue weighted by Gasteiger charge is -2.26. The molecule has 0 unspecified atom stereocenters. The Balaban J connectivity index is 4.23. The highest BCUT2D eigenvalue weighted by atomic mass is 16.7. The maximum absolute atomic E-state index is 10.6. The molecule has 0 aliphatic heterocycles. The Bertz CT molecular complexity index is 229. The fraction of sp³-hybridized carbons (Fsp3) is 0.727. The number of ether oxygens (including phenoxy) is 2. The van der Waals surface area contributed by atoms with Crippen LogP contribution in [0.2, 0.25) is 0 Å². The van der Waals surface area contributed by atoms with Gasteiger partial charge in [0, 0.05) is 20.1 Å². The summed E-state index contributed by atoms with van der Waals surface area (Å²) in [5.74, 6) is 4.39. The predicted molar refractivity (Wildman–Crippen MR) is 54.7 cm³/mol. The van der Waals surface area contributed by atoms with Gasteiger partial charge in [-0.15, -0.1) is 0 Å². The van der Waals surface area contributed by atoms with E-state index in [4.69, 9.17) is 9.47 Å². The molecular formula is C11H18O3. The number of rotatable bonds is 5. The van der Waals surface area contributed by atoms with Crippen LogP contribution in [0, 0.1) is 11.8 Å². The van der Waals surface area contributed by atoms with Crippen molar-refractivity contribution in [1.82, 2.24) is 0 Å². The molecule has 0 atom stereocenters. The van der Waals surface area contributed by atoms with Gasteiger partial charge in [0.05, 0.1) is 6.42 Å². The summed E-state index contributed by atoms with van der Waals surface area (Å²) in [5, 5.41) is 0. The lowest BCUT2D eigenvalue weighted by molar-refractivity contribution is -0.216. The second-order valence-corrected chi connectivity index (χ2v) is 3.03. The van der Waals surface area contributed by atoms with E-state index in [0.717, 1.165) is 0 Å². The number of Topliss-reactive ketones (excluding diaryl/α,β-unsaturated/α-hetero) is 1. The van der Waals surface area contributed by atoms with E-state index >= 15 is 0 Å². The molecule has 0 aliphatic carbocycles. The van der Waals surface area contributed by atoms with Crippen LogP contribution in [0.15, 0.2) is 0 Å². The first-order valence-electron chi connectivity index (χ1n) is 4.81. The van der Waals surface area contributed by atoms with Crippen LogP contribution in [0.4, 0.5) is 0 Å². The van der Waals surface area contributed by atoms with Gasteiger partial charge in [-0.3, -0.25) is 4.79 Å². The van der Waals surface area contributed by atoms with Crippen LogP contribution >= 0.6 is 0 Å². The van der Waals surface area contributed by atoms with E-state index in [2.05, 4.69) is 11.8 Å². The Labute approximate surface area is 85.8 Å². The molecule has 0 heterocycles. The molecule has 14 heavy (non-hydrogen) atoms. The third kappa shape index (κ3) is 5.74. The van der Waals surface area contributed by atoms with Crippen LogP contribution in [-0.2, 0) is 14.3 Å². The summed E-state index contributed by atoms with van der Waals surface area (Å²) in [4.78, 5) is 10.6. The SMILES string of the molecule is CCOC(C)(CC#CC(C)=O)OCC. The van der Waals surface area contributed by atoms with E-state index in [0.29, 0.717) is 19.6 Å². The lowest BCUT2D eigenvalue weighted by atomic mass is 10.2. The molecule has 0 aromatic carbocycles. The standard InChI is InChI=1S/C11H18O3/c1-5-13-11(4,14-6-2)9-7-8-10(3)12/h5-6,9H2,1-4H3. The fourth-order valence-corrected chi connectivity index (χ4v) is 1.08.